The highest BCUT2D eigenvalue weighted by Gasteiger charge is 2.26. The molecule has 1 atom stereocenters. The van der Waals surface area contributed by atoms with Crippen LogP contribution < -0.4 is 5.32 Å². The fraction of sp³-hybridized carbons (Fsp3) is 0.409. The van der Waals surface area contributed by atoms with E-state index in [1.165, 1.54) is 4.90 Å². The summed E-state index contributed by atoms with van der Waals surface area (Å²) in [4.78, 5) is 33.3. The molecule has 6 nitrogen and oxygen atoms in total. The van der Waals surface area contributed by atoms with Crippen molar-refractivity contribution >= 4 is 24.2 Å². The molecule has 1 aliphatic rings. The highest BCUT2D eigenvalue weighted by Crippen LogP contribution is 2.20. The lowest BCUT2D eigenvalue weighted by Gasteiger charge is -2.31. The second kappa shape index (κ2) is 10.9. The molecule has 3 rings (SSSR count). The van der Waals surface area contributed by atoms with Crippen LogP contribution in [0.3, 0.4) is 0 Å². The van der Waals surface area contributed by atoms with Gasteiger partial charge in [0.2, 0.25) is 0 Å². The van der Waals surface area contributed by atoms with Crippen LogP contribution in [-0.4, -0.2) is 59.8 Å². The Morgan fingerprint density at radius 3 is 2.31 bits per heavy atom. The van der Waals surface area contributed by atoms with E-state index < -0.39 is 0 Å². The summed E-state index contributed by atoms with van der Waals surface area (Å²) in [6, 6.07) is 12.9. The summed E-state index contributed by atoms with van der Waals surface area (Å²) in [5.41, 5.74) is 2.06. The van der Waals surface area contributed by atoms with Crippen LogP contribution >= 0.6 is 12.4 Å². The highest BCUT2D eigenvalue weighted by atomic mass is 35.5. The Morgan fingerprint density at radius 1 is 1.00 bits per heavy atom. The fourth-order valence-corrected chi connectivity index (χ4v) is 3.52. The third-order valence-corrected chi connectivity index (χ3v) is 5.09. The van der Waals surface area contributed by atoms with Crippen LogP contribution in [0.1, 0.15) is 45.7 Å². The van der Waals surface area contributed by atoms with E-state index in [9.17, 15) is 9.59 Å². The standard InChI is InChI=1S/C22H28N4O2.ClH/c1-25(2)21(27)17-8-10-18(11-9-17)22(28)26(16-19-6-3-4-14-24-19)20-7-5-13-23-15-12-20;/h3-4,6,8-11,14,20,23H,5,7,12-13,15-16H2,1-2H3;1H. The summed E-state index contributed by atoms with van der Waals surface area (Å²) < 4.78 is 0. The zero-order valence-electron chi connectivity index (χ0n) is 17.0. The topological polar surface area (TPSA) is 65.5 Å². The molecule has 1 saturated heterocycles. The first kappa shape index (κ1) is 22.8. The molecule has 1 aromatic heterocycles. The van der Waals surface area contributed by atoms with Crippen LogP contribution in [0.15, 0.2) is 48.7 Å². The predicted octanol–water partition coefficient (Wildman–Crippen LogP) is 2.99. The Bertz CT molecular complexity index is 788. The molecule has 29 heavy (non-hydrogen) atoms. The molecule has 0 saturated carbocycles. The first-order valence-corrected chi connectivity index (χ1v) is 9.79. The number of hydrogen-bond acceptors (Lipinski definition) is 4. The third-order valence-electron chi connectivity index (χ3n) is 5.09. The van der Waals surface area contributed by atoms with Crippen LogP contribution in [0.25, 0.3) is 0 Å². The van der Waals surface area contributed by atoms with Gasteiger partial charge in [0.15, 0.2) is 0 Å². The van der Waals surface area contributed by atoms with Gasteiger partial charge in [0, 0.05) is 37.5 Å². The zero-order chi connectivity index (χ0) is 19.9. The van der Waals surface area contributed by atoms with Gasteiger partial charge in [-0.25, -0.2) is 0 Å². The lowest BCUT2D eigenvalue weighted by molar-refractivity contribution is 0.0641. The van der Waals surface area contributed by atoms with Gasteiger partial charge in [-0.3, -0.25) is 14.6 Å². The molecule has 2 amide bonds. The summed E-state index contributed by atoms with van der Waals surface area (Å²) in [6.07, 6.45) is 4.71. The Balaban J connectivity index is 0.00000300. The first-order chi connectivity index (χ1) is 13.6. The average Bonchev–Trinajstić information content (AvgIpc) is 3.01. The van der Waals surface area contributed by atoms with Crippen molar-refractivity contribution < 1.29 is 9.59 Å². The minimum absolute atomic E-state index is 0. The summed E-state index contributed by atoms with van der Waals surface area (Å²) in [7, 11) is 3.44. The molecule has 0 bridgehead atoms. The van der Waals surface area contributed by atoms with Gasteiger partial charge in [-0.1, -0.05) is 6.07 Å². The Kier molecular flexibility index (Phi) is 8.61. The van der Waals surface area contributed by atoms with Crippen LogP contribution in [-0.2, 0) is 6.54 Å². The minimum atomic E-state index is -0.0702. The molecular formula is C22H29ClN4O2. The Morgan fingerprint density at radius 2 is 1.69 bits per heavy atom. The summed E-state index contributed by atoms with van der Waals surface area (Å²) in [6.45, 7) is 2.39. The van der Waals surface area contributed by atoms with Crippen molar-refractivity contribution in [1.29, 1.82) is 0 Å². The largest absolute Gasteiger partial charge is 0.345 e. The van der Waals surface area contributed by atoms with Gasteiger partial charge in [0.05, 0.1) is 12.2 Å². The van der Waals surface area contributed by atoms with Crippen molar-refractivity contribution in [2.75, 3.05) is 27.2 Å². The maximum atomic E-state index is 13.4. The molecule has 1 aromatic carbocycles. The van der Waals surface area contributed by atoms with E-state index in [0.717, 1.165) is 38.0 Å². The smallest absolute Gasteiger partial charge is 0.254 e. The quantitative estimate of drug-likeness (QED) is 0.813. The number of rotatable bonds is 5. The molecular weight excluding hydrogens is 388 g/mol. The van der Waals surface area contributed by atoms with Crippen LogP contribution in [0.5, 0.6) is 0 Å². The molecule has 0 spiro atoms. The predicted molar refractivity (Wildman–Crippen MR) is 116 cm³/mol. The van der Waals surface area contributed by atoms with Crippen LogP contribution in [0.4, 0.5) is 0 Å². The van der Waals surface area contributed by atoms with Gasteiger partial charge in [-0.05, 0) is 68.8 Å². The van der Waals surface area contributed by atoms with E-state index in [2.05, 4.69) is 10.3 Å². The molecule has 0 radical (unpaired) electrons. The van der Waals surface area contributed by atoms with Gasteiger partial charge in [0.25, 0.3) is 11.8 Å². The number of pyridine rings is 1. The number of nitrogens with one attached hydrogen (secondary N) is 1. The third kappa shape index (κ3) is 6.02. The molecule has 1 N–H and O–H groups in total. The van der Waals surface area contributed by atoms with Gasteiger partial charge >= 0.3 is 0 Å². The van der Waals surface area contributed by atoms with Gasteiger partial charge in [-0.15, -0.1) is 12.4 Å². The van der Waals surface area contributed by atoms with Crippen LogP contribution in [0.2, 0.25) is 0 Å². The van der Waals surface area contributed by atoms with E-state index in [1.54, 1.807) is 44.6 Å². The number of carbonyl (C=O) groups excluding carboxylic acids is 2. The molecule has 1 fully saturated rings. The maximum Gasteiger partial charge on any atom is 0.254 e. The second-order valence-corrected chi connectivity index (χ2v) is 7.37. The maximum absolute atomic E-state index is 13.4. The molecule has 0 aliphatic carbocycles. The number of carbonyl (C=O) groups is 2. The normalized spacial score (nSPS) is 16.3. The number of hydrogen-bond donors (Lipinski definition) is 1. The lowest BCUT2D eigenvalue weighted by atomic mass is 10.0. The molecule has 7 heteroatoms. The zero-order valence-corrected chi connectivity index (χ0v) is 17.8. The van der Waals surface area contributed by atoms with Crippen molar-refractivity contribution in [1.82, 2.24) is 20.1 Å². The van der Waals surface area contributed by atoms with Crippen molar-refractivity contribution in [2.45, 2.75) is 31.8 Å². The fourth-order valence-electron chi connectivity index (χ4n) is 3.52. The summed E-state index contributed by atoms with van der Waals surface area (Å²) in [5.74, 6) is -0.0828. The Hall–Kier alpha value is -2.44. The molecule has 1 aliphatic heterocycles. The Labute approximate surface area is 178 Å². The van der Waals surface area contributed by atoms with E-state index in [4.69, 9.17) is 0 Å². The van der Waals surface area contributed by atoms with E-state index in [1.807, 2.05) is 23.1 Å². The van der Waals surface area contributed by atoms with Crippen molar-refractivity contribution in [3.05, 3.63) is 65.5 Å². The molecule has 2 aromatic rings. The van der Waals surface area contributed by atoms with Gasteiger partial charge < -0.3 is 15.1 Å². The molecule has 2 heterocycles. The average molecular weight is 417 g/mol. The second-order valence-electron chi connectivity index (χ2n) is 7.37. The van der Waals surface area contributed by atoms with E-state index >= 15 is 0 Å². The number of nitrogens with zero attached hydrogens (tertiary/aromatic N) is 3. The summed E-state index contributed by atoms with van der Waals surface area (Å²) >= 11 is 0. The number of halogens is 1. The monoisotopic (exact) mass is 416 g/mol. The van der Waals surface area contributed by atoms with Crippen LogP contribution in [0, 0.1) is 0 Å². The number of amides is 2. The lowest BCUT2D eigenvalue weighted by Crippen LogP contribution is -2.40. The van der Waals surface area contributed by atoms with Crippen molar-refractivity contribution in [3.8, 4) is 0 Å². The first-order valence-electron chi connectivity index (χ1n) is 9.79. The van der Waals surface area contributed by atoms with Crippen molar-refractivity contribution in [2.24, 2.45) is 0 Å². The SMILES string of the molecule is CN(C)C(=O)c1ccc(C(=O)N(Cc2ccccn2)C2CCCNCC2)cc1.Cl. The van der Waals surface area contributed by atoms with E-state index in [0.29, 0.717) is 17.7 Å². The molecule has 1 unspecified atom stereocenters. The number of benzene rings is 1. The summed E-state index contributed by atoms with van der Waals surface area (Å²) in [5, 5.41) is 3.41. The van der Waals surface area contributed by atoms with Gasteiger partial charge in [-0.2, -0.15) is 0 Å². The minimum Gasteiger partial charge on any atom is -0.345 e. The highest BCUT2D eigenvalue weighted by molar-refractivity contribution is 5.97. The van der Waals surface area contributed by atoms with E-state index in [-0.39, 0.29) is 30.3 Å². The number of aromatic nitrogens is 1. The molecule has 156 valence electrons. The van der Waals surface area contributed by atoms with Gasteiger partial charge in [0.1, 0.15) is 0 Å². The van der Waals surface area contributed by atoms with Crippen molar-refractivity contribution in [3.63, 3.8) is 0 Å².